The zero-order valence-corrected chi connectivity index (χ0v) is 10.8. The summed E-state index contributed by atoms with van der Waals surface area (Å²) in [5, 5.41) is 0. The molecule has 0 aromatic heterocycles. The van der Waals surface area contributed by atoms with Crippen molar-refractivity contribution in [1.82, 2.24) is 0 Å². The molecule has 0 rings (SSSR count). The Morgan fingerprint density at radius 2 is 1.64 bits per heavy atom. The van der Waals surface area contributed by atoms with E-state index in [1.807, 2.05) is 0 Å². The summed E-state index contributed by atoms with van der Waals surface area (Å²) < 4.78 is 0. The lowest BCUT2D eigenvalue weighted by Crippen LogP contribution is -2.07. The van der Waals surface area contributed by atoms with Crippen LogP contribution in [0.5, 0.6) is 0 Å². The molecule has 0 fully saturated rings. The van der Waals surface area contributed by atoms with Crippen molar-refractivity contribution in [2.24, 2.45) is 17.8 Å². The zero-order valence-electron chi connectivity index (χ0n) is 10.8. The number of hydrogen-bond acceptors (Lipinski definition) is 0. The van der Waals surface area contributed by atoms with Gasteiger partial charge in [-0.2, -0.15) is 0 Å². The predicted molar refractivity (Wildman–Crippen MR) is 66.2 cm³/mol. The first-order valence-electron chi connectivity index (χ1n) is 6.41. The Balaban J connectivity index is 3.33. The van der Waals surface area contributed by atoms with Crippen LogP contribution in [0.4, 0.5) is 0 Å². The molecular weight excluding hydrogens is 168 g/mol. The number of hydrogen-bond donors (Lipinski definition) is 0. The Hall–Kier alpha value is 0. The van der Waals surface area contributed by atoms with Crippen molar-refractivity contribution in [3.63, 3.8) is 0 Å². The summed E-state index contributed by atoms with van der Waals surface area (Å²) in [5.41, 5.74) is 0. The van der Waals surface area contributed by atoms with Crippen LogP contribution in [0.15, 0.2) is 0 Å². The third kappa shape index (κ3) is 7.41. The summed E-state index contributed by atoms with van der Waals surface area (Å²) in [4.78, 5) is 0. The summed E-state index contributed by atoms with van der Waals surface area (Å²) in [6, 6.07) is 0. The van der Waals surface area contributed by atoms with E-state index in [0.717, 1.165) is 17.8 Å². The van der Waals surface area contributed by atoms with E-state index in [2.05, 4.69) is 41.0 Å². The van der Waals surface area contributed by atoms with Gasteiger partial charge in [0.05, 0.1) is 0 Å². The van der Waals surface area contributed by atoms with Gasteiger partial charge in [0.25, 0.3) is 0 Å². The molecule has 0 bridgehead atoms. The first-order chi connectivity index (χ1) is 6.57. The van der Waals surface area contributed by atoms with Crippen molar-refractivity contribution >= 4 is 0 Å². The van der Waals surface area contributed by atoms with Gasteiger partial charge in [-0.15, -0.1) is 0 Å². The SMILES string of the molecule is CCC([CH]CCCCC(C)C)C(C)C. The minimum absolute atomic E-state index is 0.824. The Kier molecular flexibility index (Phi) is 8.32. The molecule has 1 radical (unpaired) electrons. The monoisotopic (exact) mass is 197 g/mol. The Bertz CT molecular complexity index is 113. The molecule has 0 aromatic carbocycles. The van der Waals surface area contributed by atoms with Crippen LogP contribution in [0, 0.1) is 24.2 Å². The standard InChI is InChI=1S/C14H29/c1-6-14(13(4)5)11-9-7-8-10-12(2)3/h11-14H,6-10H2,1-5H3. The van der Waals surface area contributed by atoms with Crippen LogP contribution in [0.1, 0.15) is 66.7 Å². The average Bonchev–Trinajstić information content (AvgIpc) is 2.10. The fourth-order valence-corrected chi connectivity index (χ4v) is 1.94. The van der Waals surface area contributed by atoms with E-state index in [1.54, 1.807) is 0 Å². The maximum absolute atomic E-state index is 2.55. The lowest BCUT2D eigenvalue weighted by molar-refractivity contribution is 0.406. The third-order valence-electron chi connectivity index (χ3n) is 3.03. The molecule has 0 nitrogen and oxygen atoms in total. The molecule has 0 heterocycles. The van der Waals surface area contributed by atoms with Crippen molar-refractivity contribution in [2.45, 2.75) is 66.7 Å². The molecule has 0 N–H and O–H groups in total. The second kappa shape index (κ2) is 8.32. The summed E-state index contributed by atoms with van der Waals surface area (Å²) in [6.45, 7) is 11.6. The molecule has 0 spiro atoms. The number of rotatable bonds is 8. The van der Waals surface area contributed by atoms with E-state index in [9.17, 15) is 0 Å². The maximum atomic E-state index is 2.55. The van der Waals surface area contributed by atoms with Crippen LogP contribution in [-0.2, 0) is 0 Å². The Labute approximate surface area is 91.5 Å². The fourth-order valence-electron chi connectivity index (χ4n) is 1.94. The average molecular weight is 197 g/mol. The summed E-state index contributed by atoms with van der Waals surface area (Å²) in [7, 11) is 0. The Morgan fingerprint density at radius 3 is 2.07 bits per heavy atom. The molecule has 1 unspecified atom stereocenters. The van der Waals surface area contributed by atoms with Crippen molar-refractivity contribution in [3.05, 3.63) is 6.42 Å². The van der Waals surface area contributed by atoms with Gasteiger partial charge in [-0.3, -0.25) is 0 Å². The molecule has 0 saturated carbocycles. The zero-order chi connectivity index (χ0) is 11.0. The van der Waals surface area contributed by atoms with Crippen LogP contribution in [0.25, 0.3) is 0 Å². The van der Waals surface area contributed by atoms with Crippen LogP contribution in [-0.4, -0.2) is 0 Å². The molecule has 0 heteroatoms. The second-order valence-electron chi connectivity index (χ2n) is 5.23. The summed E-state index contributed by atoms with van der Waals surface area (Å²) >= 11 is 0. The van der Waals surface area contributed by atoms with Crippen molar-refractivity contribution in [2.75, 3.05) is 0 Å². The van der Waals surface area contributed by atoms with E-state index in [4.69, 9.17) is 0 Å². The molecule has 1 atom stereocenters. The van der Waals surface area contributed by atoms with Crippen molar-refractivity contribution in [1.29, 1.82) is 0 Å². The highest BCUT2D eigenvalue weighted by molar-refractivity contribution is 4.77. The van der Waals surface area contributed by atoms with E-state index in [0.29, 0.717) is 0 Å². The van der Waals surface area contributed by atoms with Gasteiger partial charge in [-0.05, 0) is 30.6 Å². The topological polar surface area (TPSA) is 0 Å². The first-order valence-corrected chi connectivity index (χ1v) is 6.41. The summed E-state index contributed by atoms with van der Waals surface area (Å²) in [5.74, 6) is 2.54. The summed E-state index contributed by atoms with van der Waals surface area (Å²) in [6.07, 6.45) is 9.37. The molecular formula is C14H29. The van der Waals surface area contributed by atoms with Gasteiger partial charge in [0.15, 0.2) is 0 Å². The first kappa shape index (κ1) is 14.0. The third-order valence-corrected chi connectivity index (χ3v) is 3.03. The molecule has 14 heavy (non-hydrogen) atoms. The van der Waals surface area contributed by atoms with Crippen LogP contribution >= 0.6 is 0 Å². The molecule has 0 aliphatic carbocycles. The van der Waals surface area contributed by atoms with Crippen LogP contribution in [0.2, 0.25) is 0 Å². The largest absolute Gasteiger partial charge is 0.0651 e. The smallest absolute Gasteiger partial charge is 0.0352 e. The quantitative estimate of drug-likeness (QED) is 0.475. The lowest BCUT2D eigenvalue weighted by atomic mass is 9.88. The van der Waals surface area contributed by atoms with Gasteiger partial charge in [0.1, 0.15) is 0 Å². The van der Waals surface area contributed by atoms with E-state index in [-0.39, 0.29) is 0 Å². The normalized spacial score (nSPS) is 13.9. The highest BCUT2D eigenvalue weighted by atomic mass is 14.2. The van der Waals surface area contributed by atoms with Gasteiger partial charge in [-0.1, -0.05) is 60.3 Å². The maximum Gasteiger partial charge on any atom is -0.0352 e. The minimum atomic E-state index is 0.824. The van der Waals surface area contributed by atoms with Crippen LogP contribution in [0.3, 0.4) is 0 Å². The Morgan fingerprint density at radius 1 is 1.00 bits per heavy atom. The van der Waals surface area contributed by atoms with Gasteiger partial charge in [-0.25, -0.2) is 0 Å². The van der Waals surface area contributed by atoms with Crippen molar-refractivity contribution < 1.29 is 0 Å². The van der Waals surface area contributed by atoms with E-state index in [1.165, 1.54) is 32.1 Å². The highest BCUT2D eigenvalue weighted by Crippen LogP contribution is 2.21. The predicted octanol–water partition coefficient (Wildman–Crippen LogP) is 5.09. The number of unbranched alkanes of at least 4 members (excludes halogenated alkanes) is 2. The van der Waals surface area contributed by atoms with Gasteiger partial charge in [0, 0.05) is 0 Å². The molecule has 85 valence electrons. The highest BCUT2D eigenvalue weighted by Gasteiger charge is 2.10. The van der Waals surface area contributed by atoms with E-state index >= 15 is 0 Å². The molecule has 0 aliphatic rings. The second-order valence-corrected chi connectivity index (χ2v) is 5.23. The van der Waals surface area contributed by atoms with Gasteiger partial charge in [0.2, 0.25) is 0 Å². The fraction of sp³-hybridized carbons (Fsp3) is 0.929. The van der Waals surface area contributed by atoms with Crippen molar-refractivity contribution in [3.8, 4) is 0 Å². The van der Waals surface area contributed by atoms with Gasteiger partial charge < -0.3 is 0 Å². The lowest BCUT2D eigenvalue weighted by Gasteiger charge is -2.18. The van der Waals surface area contributed by atoms with E-state index < -0.39 is 0 Å². The molecule has 0 amide bonds. The van der Waals surface area contributed by atoms with Crippen LogP contribution < -0.4 is 0 Å². The molecule has 0 aliphatic heterocycles. The molecule has 0 saturated heterocycles. The minimum Gasteiger partial charge on any atom is -0.0651 e. The van der Waals surface area contributed by atoms with Gasteiger partial charge >= 0.3 is 0 Å². The molecule has 0 aromatic rings.